The molecule has 1 saturated carbocycles. The Morgan fingerprint density at radius 2 is 1.88 bits per heavy atom. The number of amides is 1. The van der Waals surface area contributed by atoms with Crippen LogP contribution in [0.15, 0.2) is 24.5 Å². The number of ether oxygens (including phenoxy) is 3. The predicted molar refractivity (Wildman–Crippen MR) is 130 cm³/mol. The number of alkyl halides is 3. The summed E-state index contributed by atoms with van der Waals surface area (Å²) in [4.78, 5) is 23.3. The highest BCUT2D eigenvalue weighted by atomic mass is 127. The van der Waals surface area contributed by atoms with E-state index in [4.69, 9.17) is 19.9 Å². The summed E-state index contributed by atoms with van der Waals surface area (Å²) in [5.41, 5.74) is 7.00. The number of pyridine rings is 2. The zero-order valence-electron chi connectivity index (χ0n) is 18.8. The van der Waals surface area contributed by atoms with Crippen molar-refractivity contribution in [1.29, 1.82) is 0 Å². The molecule has 1 amide bonds. The Morgan fingerprint density at radius 3 is 2.53 bits per heavy atom. The molecule has 2 aromatic rings. The number of hydrogen-bond donors (Lipinski definition) is 1. The van der Waals surface area contributed by atoms with E-state index >= 15 is 0 Å². The third-order valence-corrected chi connectivity index (χ3v) is 6.58. The van der Waals surface area contributed by atoms with Crippen LogP contribution in [0.5, 0.6) is 17.2 Å². The molecule has 3 heterocycles. The highest BCUT2D eigenvalue weighted by Crippen LogP contribution is 2.43. The molecule has 0 unspecified atom stereocenters. The van der Waals surface area contributed by atoms with Crippen LogP contribution in [0.2, 0.25) is 0 Å². The normalized spacial score (nSPS) is 18.3. The molecule has 0 radical (unpaired) electrons. The number of methoxy groups -OCH3 is 1. The van der Waals surface area contributed by atoms with E-state index in [2.05, 4.69) is 9.97 Å². The van der Waals surface area contributed by atoms with Gasteiger partial charge in [0.2, 0.25) is 5.92 Å². The summed E-state index contributed by atoms with van der Waals surface area (Å²) in [5, 5.41) is 0. The van der Waals surface area contributed by atoms with Gasteiger partial charge in [-0.25, -0.2) is 18.7 Å². The minimum Gasteiger partial charge on any atom is -0.496 e. The van der Waals surface area contributed by atoms with Crippen molar-refractivity contribution in [3.05, 3.63) is 35.8 Å². The molecule has 4 rings (SSSR count). The molecule has 0 atom stereocenters. The number of nitrogens with zero attached hydrogens (tertiary/aromatic N) is 3. The first-order chi connectivity index (χ1) is 16.3. The van der Waals surface area contributed by atoms with Gasteiger partial charge in [-0.15, -0.1) is 0 Å². The van der Waals surface area contributed by atoms with Crippen LogP contribution in [0.1, 0.15) is 47.7 Å². The lowest BCUT2D eigenvalue weighted by Crippen LogP contribution is -2.38. The lowest BCUT2D eigenvalue weighted by molar-refractivity contribution is -0.119. The number of likely N-dealkylation sites (tertiary alicyclic amines) is 1. The van der Waals surface area contributed by atoms with Crippen LogP contribution < -0.4 is 19.9 Å². The number of halogens is 3. The highest BCUT2D eigenvalue weighted by Gasteiger charge is 2.45. The minimum absolute atomic E-state index is 0.166. The lowest BCUT2D eigenvalue weighted by atomic mass is 9.82. The maximum atomic E-state index is 13.1. The topological polar surface area (TPSA) is 99.8 Å². The molecule has 2 aliphatic rings. The smallest absolute Gasteiger partial charge is 0.272 e. The molecule has 2 N–H and O–H groups in total. The molecule has 184 valence electrons. The lowest BCUT2D eigenvalue weighted by Gasteiger charge is -2.34. The van der Waals surface area contributed by atoms with Gasteiger partial charge in [0.25, 0.3) is 5.91 Å². The van der Waals surface area contributed by atoms with E-state index in [1.165, 1.54) is 6.20 Å². The van der Waals surface area contributed by atoms with E-state index in [1.54, 1.807) is 30.3 Å². The summed E-state index contributed by atoms with van der Waals surface area (Å²) in [6, 6.07) is 3.27. The second-order valence-corrected chi connectivity index (χ2v) is 9.25. The summed E-state index contributed by atoms with van der Waals surface area (Å²) in [6.45, 7) is 1.30. The quantitative estimate of drug-likeness (QED) is 0.363. The van der Waals surface area contributed by atoms with Gasteiger partial charge >= 0.3 is 0 Å². The Morgan fingerprint density at radius 1 is 1.15 bits per heavy atom. The summed E-state index contributed by atoms with van der Waals surface area (Å²) in [5.74, 6) is -0.913. The van der Waals surface area contributed by atoms with Gasteiger partial charge in [-0.05, 0) is 41.4 Å². The van der Waals surface area contributed by atoms with Crippen LogP contribution in [0.25, 0.3) is 0 Å². The first kappa shape index (κ1) is 24.7. The molecule has 1 aliphatic heterocycles. The van der Waals surface area contributed by atoms with E-state index in [-0.39, 0.29) is 42.9 Å². The van der Waals surface area contributed by atoms with Crippen LogP contribution in [-0.2, 0) is 0 Å². The van der Waals surface area contributed by atoms with Crippen molar-refractivity contribution >= 4 is 34.3 Å². The predicted octanol–water partition coefficient (Wildman–Crippen LogP) is 4.28. The molecular formula is C23H27F2IN4O4. The maximum Gasteiger partial charge on any atom is 0.272 e. The summed E-state index contributed by atoms with van der Waals surface area (Å²) >= 11 is 2.04. The van der Waals surface area contributed by atoms with Gasteiger partial charge in [0.15, 0.2) is 11.5 Å². The van der Waals surface area contributed by atoms with Gasteiger partial charge in [0, 0.05) is 55.7 Å². The fourth-order valence-electron chi connectivity index (χ4n) is 4.43. The molecule has 11 heteroatoms. The van der Waals surface area contributed by atoms with Crippen molar-refractivity contribution in [3.8, 4) is 17.2 Å². The summed E-state index contributed by atoms with van der Waals surface area (Å²) in [6.07, 6.45) is 4.36. The van der Waals surface area contributed by atoms with Crippen LogP contribution in [-0.4, -0.2) is 58.1 Å². The van der Waals surface area contributed by atoms with Crippen LogP contribution >= 0.6 is 22.6 Å². The molecule has 0 aromatic carbocycles. The van der Waals surface area contributed by atoms with Crippen LogP contribution in [0, 0.1) is 5.92 Å². The summed E-state index contributed by atoms with van der Waals surface area (Å²) < 4.78 is 43.2. The zero-order chi connectivity index (χ0) is 24.3. The van der Waals surface area contributed by atoms with Crippen molar-refractivity contribution in [3.63, 3.8) is 0 Å². The Bertz CT molecular complexity index is 1030. The van der Waals surface area contributed by atoms with E-state index in [1.807, 2.05) is 22.6 Å². The number of carbonyl (C=O) groups excluding carboxylic acids is 1. The number of carbonyl (C=O) groups is 1. The van der Waals surface area contributed by atoms with Crippen molar-refractivity contribution in [2.24, 2.45) is 5.92 Å². The number of aromatic nitrogens is 2. The average molecular weight is 588 g/mol. The Hall–Kier alpha value is -2.44. The van der Waals surface area contributed by atoms with Crippen molar-refractivity contribution < 1.29 is 27.8 Å². The standard InChI is InChI=1S/C23H27F2IN4O4/c1-32-18-7-21(27)29-10-16(18)15-2-4-30(5-3-15)22(31)17-6-19(34-13-26)20(11-28-17)33-12-14-8-23(24,25)9-14/h6-7,10-11,14-15H,2-5,8-9,12-13H2,1H3,(H2,27,29). The van der Waals surface area contributed by atoms with Gasteiger partial charge in [0.1, 0.15) is 21.9 Å². The molecule has 8 nitrogen and oxygen atoms in total. The minimum atomic E-state index is -2.59. The second kappa shape index (κ2) is 10.4. The van der Waals surface area contributed by atoms with E-state index in [0.29, 0.717) is 40.8 Å². The Kier molecular flexibility index (Phi) is 7.58. The van der Waals surface area contributed by atoms with Crippen LogP contribution in [0.3, 0.4) is 0 Å². The monoisotopic (exact) mass is 588 g/mol. The molecule has 0 spiro atoms. The number of anilines is 1. The maximum absolute atomic E-state index is 13.1. The van der Waals surface area contributed by atoms with Crippen molar-refractivity contribution in [2.45, 2.75) is 37.5 Å². The first-order valence-electron chi connectivity index (χ1n) is 11.1. The highest BCUT2D eigenvalue weighted by molar-refractivity contribution is 14.1. The number of piperidine rings is 1. The third kappa shape index (κ3) is 5.61. The molecule has 1 aliphatic carbocycles. The fourth-order valence-corrected chi connectivity index (χ4v) is 4.77. The largest absolute Gasteiger partial charge is 0.496 e. The molecular weight excluding hydrogens is 561 g/mol. The number of rotatable bonds is 8. The average Bonchev–Trinajstić information content (AvgIpc) is 2.81. The Balaban J connectivity index is 1.38. The molecule has 1 saturated heterocycles. The van der Waals surface area contributed by atoms with E-state index in [9.17, 15) is 13.6 Å². The van der Waals surface area contributed by atoms with E-state index < -0.39 is 5.92 Å². The molecule has 0 bridgehead atoms. The van der Waals surface area contributed by atoms with Crippen molar-refractivity contribution in [2.75, 3.05) is 37.2 Å². The van der Waals surface area contributed by atoms with Gasteiger partial charge in [-0.1, -0.05) is 0 Å². The molecule has 2 fully saturated rings. The number of nitrogen functional groups attached to an aromatic ring is 1. The Labute approximate surface area is 210 Å². The van der Waals surface area contributed by atoms with Crippen LogP contribution in [0.4, 0.5) is 14.6 Å². The number of nitrogens with two attached hydrogens (primary N) is 1. The zero-order valence-corrected chi connectivity index (χ0v) is 21.0. The van der Waals surface area contributed by atoms with Gasteiger partial charge in [0.05, 0.1) is 19.9 Å². The molecule has 2 aromatic heterocycles. The van der Waals surface area contributed by atoms with E-state index in [0.717, 1.165) is 18.4 Å². The third-order valence-electron chi connectivity index (χ3n) is 6.27. The first-order valence-corrected chi connectivity index (χ1v) is 12.6. The second-order valence-electron chi connectivity index (χ2n) is 8.63. The summed E-state index contributed by atoms with van der Waals surface area (Å²) in [7, 11) is 1.60. The van der Waals surface area contributed by atoms with Crippen molar-refractivity contribution in [1.82, 2.24) is 14.9 Å². The van der Waals surface area contributed by atoms with Gasteiger partial charge in [-0.2, -0.15) is 0 Å². The van der Waals surface area contributed by atoms with Gasteiger partial charge < -0.3 is 24.8 Å². The SMILES string of the molecule is COc1cc(N)ncc1C1CCN(C(=O)c2cc(OCI)c(OCC3CC(F)(F)C3)cn2)CC1. The fraction of sp³-hybridized carbons (Fsp3) is 0.522. The molecule has 34 heavy (non-hydrogen) atoms. The van der Waals surface area contributed by atoms with Gasteiger partial charge in [-0.3, -0.25) is 4.79 Å². The number of hydrogen-bond acceptors (Lipinski definition) is 7.